The van der Waals surface area contributed by atoms with Crippen LogP contribution in [0.2, 0.25) is 0 Å². The highest BCUT2D eigenvalue weighted by Gasteiger charge is 2.49. The van der Waals surface area contributed by atoms with Crippen LogP contribution in [0, 0.1) is 5.41 Å². The average molecular weight is 271 g/mol. The molecule has 1 unspecified atom stereocenters. The fourth-order valence-electron chi connectivity index (χ4n) is 2.09. The first-order chi connectivity index (χ1) is 7.82. The van der Waals surface area contributed by atoms with E-state index in [1.807, 2.05) is 11.8 Å². The number of hydrogen-bond donors (Lipinski definition) is 2. The minimum atomic E-state index is -5.08. The number of rotatable bonds is 2. The third-order valence-electron chi connectivity index (χ3n) is 3.36. The molecule has 2 fully saturated rings. The number of carboxylic acids is 1. The highest BCUT2D eigenvalue weighted by Crippen LogP contribution is 2.48. The number of halogens is 3. The van der Waals surface area contributed by atoms with Gasteiger partial charge in [0.1, 0.15) is 0 Å². The van der Waals surface area contributed by atoms with Crippen molar-refractivity contribution in [1.29, 1.82) is 0 Å². The molecule has 1 saturated heterocycles. The van der Waals surface area contributed by atoms with Gasteiger partial charge in [0.05, 0.1) is 0 Å². The smallest absolute Gasteiger partial charge is 0.475 e. The lowest BCUT2D eigenvalue weighted by Crippen LogP contribution is -2.66. The molecule has 0 aromatic heterocycles. The van der Waals surface area contributed by atoms with Crippen LogP contribution in [0.5, 0.6) is 0 Å². The highest BCUT2D eigenvalue weighted by molar-refractivity contribution is 7.98. The van der Waals surface area contributed by atoms with Crippen molar-refractivity contribution < 1.29 is 23.1 Å². The number of hydrogen-bond acceptors (Lipinski definition) is 3. The second kappa shape index (κ2) is 5.48. The summed E-state index contributed by atoms with van der Waals surface area (Å²) in [5.74, 6) is -1.44. The van der Waals surface area contributed by atoms with Gasteiger partial charge >= 0.3 is 12.1 Å². The van der Waals surface area contributed by atoms with Crippen LogP contribution in [0.3, 0.4) is 0 Å². The topological polar surface area (TPSA) is 49.3 Å². The van der Waals surface area contributed by atoms with E-state index in [2.05, 4.69) is 11.6 Å². The normalized spacial score (nSPS) is 25.3. The Hall–Kier alpha value is -0.430. The second-order valence-corrected chi connectivity index (χ2v) is 5.32. The van der Waals surface area contributed by atoms with Crippen LogP contribution in [0.15, 0.2) is 0 Å². The molecular formula is C10H16F3NO2S. The van der Waals surface area contributed by atoms with Gasteiger partial charge in [0, 0.05) is 18.3 Å². The molecule has 2 rings (SSSR count). The zero-order valence-electron chi connectivity index (χ0n) is 9.51. The Bertz CT molecular complexity index is 274. The summed E-state index contributed by atoms with van der Waals surface area (Å²) in [6, 6.07) is 0.858. The van der Waals surface area contributed by atoms with Crippen molar-refractivity contribution in [3.8, 4) is 0 Å². The van der Waals surface area contributed by atoms with Gasteiger partial charge in [-0.05, 0) is 24.5 Å². The molecule has 3 nitrogen and oxygen atoms in total. The van der Waals surface area contributed by atoms with Crippen molar-refractivity contribution >= 4 is 17.7 Å². The lowest BCUT2D eigenvalue weighted by atomic mass is 9.60. The van der Waals surface area contributed by atoms with E-state index in [-0.39, 0.29) is 0 Å². The van der Waals surface area contributed by atoms with Gasteiger partial charge in [0.2, 0.25) is 0 Å². The maximum atomic E-state index is 10.6. The van der Waals surface area contributed by atoms with Crippen LogP contribution in [0.1, 0.15) is 19.3 Å². The first kappa shape index (κ1) is 14.6. The zero-order chi connectivity index (χ0) is 13.1. The van der Waals surface area contributed by atoms with Gasteiger partial charge in [-0.3, -0.25) is 0 Å². The number of carboxylic acid groups (broad SMARTS) is 1. The van der Waals surface area contributed by atoms with Crippen molar-refractivity contribution in [3.05, 3.63) is 0 Å². The van der Waals surface area contributed by atoms with Gasteiger partial charge in [0.25, 0.3) is 0 Å². The molecule has 100 valence electrons. The molecular weight excluding hydrogens is 255 g/mol. The van der Waals surface area contributed by atoms with Gasteiger partial charge in [-0.1, -0.05) is 6.42 Å². The van der Waals surface area contributed by atoms with Crippen LogP contribution in [0.25, 0.3) is 0 Å². The fourth-order valence-corrected chi connectivity index (χ4v) is 2.90. The van der Waals surface area contributed by atoms with Crippen molar-refractivity contribution in [2.24, 2.45) is 5.41 Å². The summed E-state index contributed by atoms with van der Waals surface area (Å²) in [7, 11) is 0. The fraction of sp³-hybridized carbons (Fsp3) is 0.900. The number of thioether (sulfide) groups is 1. The van der Waals surface area contributed by atoms with Crippen molar-refractivity contribution in [2.45, 2.75) is 31.5 Å². The molecule has 17 heavy (non-hydrogen) atoms. The minimum absolute atomic E-state index is 0.781. The molecule has 2 aliphatic rings. The van der Waals surface area contributed by atoms with E-state index in [0.29, 0.717) is 0 Å². The Balaban J connectivity index is 0.000000185. The Labute approximate surface area is 102 Å². The van der Waals surface area contributed by atoms with Crippen LogP contribution in [0.4, 0.5) is 13.2 Å². The second-order valence-electron chi connectivity index (χ2n) is 4.41. The largest absolute Gasteiger partial charge is 0.490 e. The summed E-state index contributed by atoms with van der Waals surface area (Å²) >= 11 is 1.97. The Morgan fingerprint density at radius 2 is 2.06 bits per heavy atom. The van der Waals surface area contributed by atoms with E-state index < -0.39 is 12.1 Å². The predicted octanol–water partition coefficient (Wildman–Crippen LogP) is 2.12. The van der Waals surface area contributed by atoms with Crippen LogP contribution >= 0.6 is 11.8 Å². The molecule has 1 aliphatic heterocycles. The van der Waals surface area contributed by atoms with E-state index in [1.54, 1.807) is 0 Å². The van der Waals surface area contributed by atoms with Gasteiger partial charge < -0.3 is 10.4 Å². The number of alkyl halides is 3. The van der Waals surface area contributed by atoms with Crippen LogP contribution in [-0.2, 0) is 4.79 Å². The molecule has 1 aliphatic carbocycles. The average Bonchev–Trinajstić information content (AvgIpc) is 2.09. The van der Waals surface area contributed by atoms with E-state index in [9.17, 15) is 13.2 Å². The van der Waals surface area contributed by atoms with Crippen molar-refractivity contribution in [1.82, 2.24) is 5.32 Å². The van der Waals surface area contributed by atoms with Crippen LogP contribution in [-0.4, -0.2) is 41.8 Å². The Kier molecular flexibility index (Phi) is 4.71. The van der Waals surface area contributed by atoms with Gasteiger partial charge in [0.15, 0.2) is 0 Å². The third kappa shape index (κ3) is 3.51. The molecule has 0 radical (unpaired) electrons. The number of aliphatic carboxylic acids is 1. The molecule has 1 atom stereocenters. The van der Waals surface area contributed by atoms with Gasteiger partial charge in [-0.2, -0.15) is 24.9 Å². The molecule has 0 aromatic rings. The minimum Gasteiger partial charge on any atom is -0.475 e. The molecule has 1 spiro atoms. The zero-order valence-corrected chi connectivity index (χ0v) is 10.3. The lowest BCUT2D eigenvalue weighted by Gasteiger charge is -2.56. The number of nitrogens with one attached hydrogen (secondary N) is 1. The van der Waals surface area contributed by atoms with Crippen molar-refractivity contribution in [3.63, 3.8) is 0 Å². The maximum Gasteiger partial charge on any atom is 0.490 e. The lowest BCUT2D eigenvalue weighted by molar-refractivity contribution is -0.192. The molecule has 2 N–H and O–H groups in total. The molecule has 1 heterocycles. The molecule has 0 amide bonds. The summed E-state index contributed by atoms with van der Waals surface area (Å²) in [6.45, 7) is 1.30. The summed E-state index contributed by atoms with van der Waals surface area (Å²) < 4.78 is 31.7. The summed E-state index contributed by atoms with van der Waals surface area (Å²) in [5.41, 5.74) is 0.781. The van der Waals surface area contributed by atoms with Gasteiger partial charge in [-0.25, -0.2) is 4.79 Å². The first-order valence-electron chi connectivity index (χ1n) is 5.34. The summed E-state index contributed by atoms with van der Waals surface area (Å²) in [6.07, 6.45) is 1.58. The predicted molar refractivity (Wildman–Crippen MR) is 60.1 cm³/mol. The summed E-state index contributed by atoms with van der Waals surface area (Å²) in [5, 5.41) is 10.6. The Morgan fingerprint density at radius 3 is 2.24 bits per heavy atom. The molecule has 0 aromatic carbocycles. The third-order valence-corrected chi connectivity index (χ3v) is 4.03. The van der Waals surface area contributed by atoms with Crippen molar-refractivity contribution in [2.75, 3.05) is 18.6 Å². The molecule has 0 bridgehead atoms. The maximum absolute atomic E-state index is 10.6. The Morgan fingerprint density at radius 1 is 1.53 bits per heavy atom. The standard InChI is InChI=1S/C8H15NS.C2HF3O2/c1-10-5-7-8(6-9-7)3-2-4-8;3-2(4,5)1(6)7/h7,9H,2-6H2,1H3;(H,6,7). The number of carbonyl (C=O) groups is 1. The highest BCUT2D eigenvalue weighted by atomic mass is 32.2. The van der Waals surface area contributed by atoms with Crippen LogP contribution < -0.4 is 5.32 Å². The monoisotopic (exact) mass is 271 g/mol. The quantitative estimate of drug-likeness (QED) is 0.807. The first-order valence-corrected chi connectivity index (χ1v) is 6.74. The molecule has 7 heteroatoms. The van der Waals surface area contributed by atoms with E-state index in [0.717, 1.165) is 11.5 Å². The molecule has 1 saturated carbocycles. The SMILES string of the molecule is CSCC1NCC12CCC2.O=C(O)C(F)(F)F. The van der Waals surface area contributed by atoms with E-state index in [4.69, 9.17) is 9.90 Å². The van der Waals surface area contributed by atoms with E-state index >= 15 is 0 Å². The van der Waals surface area contributed by atoms with E-state index in [1.165, 1.54) is 31.6 Å². The van der Waals surface area contributed by atoms with Gasteiger partial charge in [-0.15, -0.1) is 0 Å². The summed E-state index contributed by atoms with van der Waals surface area (Å²) in [4.78, 5) is 8.90.